The molecule has 1 aromatic carbocycles. The highest BCUT2D eigenvalue weighted by molar-refractivity contribution is 5.91. The largest absolute Gasteiger partial charge is 0.508 e. The van der Waals surface area contributed by atoms with E-state index in [9.17, 15) is 4.79 Å². The third-order valence-corrected chi connectivity index (χ3v) is 1.21. The number of rotatable bonds is 1. The van der Waals surface area contributed by atoms with Crippen LogP contribution in [0.1, 0.15) is 10.4 Å². The van der Waals surface area contributed by atoms with Crippen molar-refractivity contribution in [1.82, 2.24) is 0 Å². The highest BCUT2D eigenvalue weighted by atomic mass is 16.4. The summed E-state index contributed by atoms with van der Waals surface area (Å²) in [5, 5.41) is 26.1. The van der Waals surface area contributed by atoms with E-state index in [1.165, 1.54) is 6.07 Å². The van der Waals surface area contributed by atoms with Crippen molar-refractivity contribution < 1.29 is 24.6 Å². The Hall–Kier alpha value is -1.75. The van der Waals surface area contributed by atoms with Crippen LogP contribution in [-0.4, -0.2) is 54.0 Å². The lowest BCUT2D eigenvalue weighted by molar-refractivity contribution is -0.849. The Kier molecular flexibility index (Phi) is 4.78. The van der Waals surface area contributed by atoms with Crippen LogP contribution in [0, 0.1) is 0 Å². The average Bonchev–Trinajstić information content (AvgIpc) is 2.06. The first kappa shape index (κ1) is 14.2. The molecular weight excluding hydrogens is 210 g/mol. The Balaban J connectivity index is 0.000000385. The van der Waals surface area contributed by atoms with Gasteiger partial charge in [-0.05, 0) is 18.2 Å². The number of carbonyl (C=O) groups is 1. The molecule has 0 spiro atoms. The van der Waals surface area contributed by atoms with Crippen molar-refractivity contribution >= 4 is 5.97 Å². The molecule has 0 atom stereocenters. The summed E-state index contributed by atoms with van der Waals surface area (Å²) in [5.74, 6) is -1.80. The second-order valence-electron chi connectivity index (χ2n) is 4.69. The lowest BCUT2D eigenvalue weighted by Crippen LogP contribution is -2.27. The monoisotopic (exact) mass is 228 g/mol. The van der Waals surface area contributed by atoms with Gasteiger partial charge in [-0.1, -0.05) is 0 Å². The van der Waals surface area contributed by atoms with Gasteiger partial charge in [-0.3, -0.25) is 0 Å². The first-order valence-corrected chi connectivity index (χ1v) is 4.65. The molecule has 0 bridgehead atoms. The maximum absolute atomic E-state index is 10.3. The van der Waals surface area contributed by atoms with Crippen LogP contribution in [0.4, 0.5) is 0 Å². The summed E-state index contributed by atoms with van der Waals surface area (Å²) in [6.07, 6.45) is 0. The fourth-order valence-electron chi connectivity index (χ4n) is 0.695. The molecule has 0 aliphatic rings. The molecule has 0 amide bonds. The second-order valence-corrected chi connectivity index (χ2v) is 4.69. The van der Waals surface area contributed by atoms with Crippen LogP contribution in [0.3, 0.4) is 0 Å². The van der Waals surface area contributed by atoms with Crippen LogP contribution in [0.25, 0.3) is 0 Å². The minimum absolute atomic E-state index is 0.180. The van der Waals surface area contributed by atoms with Crippen molar-refractivity contribution in [2.75, 3.05) is 28.2 Å². The van der Waals surface area contributed by atoms with Crippen molar-refractivity contribution in [3.05, 3.63) is 23.8 Å². The molecule has 1 aromatic rings. The SMILES string of the molecule is C[N+](C)(C)C.O=C(O)c1cc(O)ccc1O. The molecule has 0 aromatic heterocycles. The predicted molar refractivity (Wildman–Crippen MR) is 60.7 cm³/mol. The predicted octanol–water partition coefficient (Wildman–Crippen LogP) is 1.12. The van der Waals surface area contributed by atoms with Crippen molar-refractivity contribution in [2.45, 2.75) is 0 Å². The number of nitrogens with zero attached hydrogens (tertiary/aromatic N) is 1. The highest BCUT2D eigenvalue weighted by Gasteiger charge is 2.08. The molecule has 0 radical (unpaired) electrons. The quantitative estimate of drug-likeness (QED) is 0.497. The first-order valence-electron chi connectivity index (χ1n) is 4.65. The molecule has 5 nitrogen and oxygen atoms in total. The minimum Gasteiger partial charge on any atom is -0.508 e. The molecule has 0 aliphatic heterocycles. The minimum atomic E-state index is -1.27. The Bertz CT molecular complexity index is 363. The van der Waals surface area contributed by atoms with Gasteiger partial charge in [0.15, 0.2) is 0 Å². The standard InChI is InChI=1S/C7H6O4.C4H12N/c8-4-1-2-6(9)5(3-4)7(10)11;1-5(2,3)4/h1-3,8-9H,(H,10,11);1-4H3/q;+1. The third-order valence-electron chi connectivity index (χ3n) is 1.21. The molecule has 0 fully saturated rings. The van der Waals surface area contributed by atoms with E-state index in [4.69, 9.17) is 15.3 Å². The normalized spacial score (nSPS) is 10.2. The molecule has 5 heteroatoms. The van der Waals surface area contributed by atoms with Crippen molar-refractivity contribution in [3.8, 4) is 11.5 Å². The van der Waals surface area contributed by atoms with Gasteiger partial charge in [0, 0.05) is 0 Å². The summed E-state index contributed by atoms with van der Waals surface area (Å²) in [4.78, 5) is 10.3. The Labute approximate surface area is 94.8 Å². The Morgan fingerprint density at radius 2 is 1.56 bits per heavy atom. The van der Waals surface area contributed by atoms with E-state index in [2.05, 4.69) is 28.2 Å². The van der Waals surface area contributed by atoms with Gasteiger partial charge in [-0.25, -0.2) is 4.79 Å². The van der Waals surface area contributed by atoms with Crippen molar-refractivity contribution in [1.29, 1.82) is 0 Å². The van der Waals surface area contributed by atoms with Gasteiger partial charge in [0.2, 0.25) is 0 Å². The summed E-state index contributed by atoms with van der Waals surface area (Å²) in [6, 6.07) is 3.32. The van der Waals surface area contributed by atoms with Crippen LogP contribution in [0.5, 0.6) is 11.5 Å². The van der Waals surface area contributed by atoms with E-state index in [1.54, 1.807) is 0 Å². The molecule has 16 heavy (non-hydrogen) atoms. The van der Waals surface area contributed by atoms with Gasteiger partial charge in [0.1, 0.15) is 17.1 Å². The number of aromatic carboxylic acids is 1. The molecule has 0 aliphatic carbocycles. The third kappa shape index (κ3) is 6.67. The fraction of sp³-hybridized carbons (Fsp3) is 0.364. The summed E-state index contributed by atoms with van der Waals surface area (Å²) in [7, 11) is 8.50. The van der Waals surface area contributed by atoms with Crippen LogP contribution < -0.4 is 0 Å². The number of phenolic OH excluding ortho intramolecular Hbond substituents is 1. The van der Waals surface area contributed by atoms with Crippen molar-refractivity contribution in [2.24, 2.45) is 0 Å². The van der Waals surface area contributed by atoms with Gasteiger partial charge in [0.05, 0.1) is 28.2 Å². The van der Waals surface area contributed by atoms with Crippen LogP contribution in [0.15, 0.2) is 18.2 Å². The van der Waals surface area contributed by atoms with E-state index in [0.29, 0.717) is 0 Å². The number of carboxylic acids is 1. The zero-order chi connectivity index (χ0) is 12.9. The van der Waals surface area contributed by atoms with Crippen molar-refractivity contribution in [3.63, 3.8) is 0 Å². The van der Waals surface area contributed by atoms with Gasteiger partial charge >= 0.3 is 5.97 Å². The lowest BCUT2D eigenvalue weighted by Gasteiger charge is -2.14. The van der Waals surface area contributed by atoms with E-state index < -0.39 is 5.97 Å². The number of carboxylic acid groups (broad SMARTS) is 1. The van der Waals surface area contributed by atoms with Crippen LogP contribution >= 0.6 is 0 Å². The average molecular weight is 228 g/mol. The topological polar surface area (TPSA) is 77.8 Å². The Morgan fingerprint density at radius 1 is 1.12 bits per heavy atom. The van der Waals surface area contributed by atoms with E-state index in [1.807, 2.05) is 0 Å². The zero-order valence-electron chi connectivity index (χ0n) is 9.93. The summed E-state index contributed by atoms with van der Waals surface area (Å²) in [5.41, 5.74) is -0.301. The molecule has 0 saturated carbocycles. The number of phenols is 2. The number of hydrogen-bond donors (Lipinski definition) is 3. The summed E-state index contributed by atoms with van der Waals surface area (Å²) >= 11 is 0. The van der Waals surface area contributed by atoms with E-state index in [-0.39, 0.29) is 17.1 Å². The van der Waals surface area contributed by atoms with E-state index in [0.717, 1.165) is 16.6 Å². The van der Waals surface area contributed by atoms with Gasteiger partial charge in [-0.2, -0.15) is 0 Å². The molecule has 1 rings (SSSR count). The van der Waals surface area contributed by atoms with Crippen LogP contribution in [-0.2, 0) is 0 Å². The number of aromatic hydroxyl groups is 2. The summed E-state index contributed by atoms with van der Waals surface area (Å²) < 4.78 is 1.00. The number of hydrogen-bond acceptors (Lipinski definition) is 3. The van der Waals surface area contributed by atoms with Crippen LogP contribution in [0.2, 0.25) is 0 Å². The number of quaternary nitrogens is 1. The summed E-state index contributed by atoms with van der Waals surface area (Å²) in [6.45, 7) is 0. The molecular formula is C11H18NO4+. The maximum atomic E-state index is 10.3. The second kappa shape index (κ2) is 5.37. The highest BCUT2D eigenvalue weighted by Crippen LogP contribution is 2.21. The maximum Gasteiger partial charge on any atom is 0.339 e. The van der Waals surface area contributed by atoms with Gasteiger partial charge in [0.25, 0.3) is 0 Å². The molecule has 0 unspecified atom stereocenters. The molecule has 3 N–H and O–H groups in total. The van der Waals surface area contributed by atoms with Gasteiger partial charge in [-0.15, -0.1) is 0 Å². The zero-order valence-corrected chi connectivity index (χ0v) is 9.93. The fourth-order valence-corrected chi connectivity index (χ4v) is 0.695. The first-order chi connectivity index (χ1) is 7.11. The molecule has 90 valence electrons. The van der Waals surface area contributed by atoms with E-state index >= 15 is 0 Å². The Morgan fingerprint density at radius 3 is 1.88 bits per heavy atom. The smallest absolute Gasteiger partial charge is 0.339 e. The lowest BCUT2D eigenvalue weighted by atomic mass is 10.2. The molecule has 0 heterocycles. The van der Waals surface area contributed by atoms with Gasteiger partial charge < -0.3 is 19.8 Å². The molecule has 0 saturated heterocycles. The number of benzene rings is 1.